The summed E-state index contributed by atoms with van der Waals surface area (Å²) in [6, 6.07) is 9.84. The van der Waals surface area contributed by atoms with Gasteiger partial charge in [0.2, 0.25) is 0 Å². The molecule has 102 valence electrons. The number of hydrogen-bond acceptors (Lipinski definition) is 1. The molecule has 20 heavy (non-hydrogen) atoms. The summed E-state index contributed by atoms with van der Waals surface area (Å²) in [5.74, 6) is 0. The predicted molar refractivity (Wildman–Crippen MR) is 88.0 cm³/mol. The first kappa shape index (κ1) is 13.7. The van der Waals surface area contributed by atoms with Gasteiger partial charge >= 0.3 is 0 Å². The van der Waals surface area contributed by atoms with Crippen molar-refractivity contribution >= 4 is 46.5 Å². The van der Waals surface area contributed by atoms with Gasteiger partial charge in [0.25, 0.3) is 0 Å². The zero-order valence-electron chi connectivity index (χ0n) is 11.0. The first-order chi connectivity index (χ1) is 9.47. The van der Waals surface area contributed by atoms with Crippen LogP contribution < -0.4 is 0 Å². The van der Waals surface area contributed by atoms with Gasteiger partial charge in [0.05, 0.1) is 21.7 Å². The van der Waals surface area contributed by atoms with E-state index in [-0.39, 0.29) is 0 Å². The van der Waals surface area contributed by atoms with Crippen LogP contribution in [0.25, 0.3) is 16.7 Å². The third kappa shape index (κ3) is 2.16. The molecule has 2 aromatic carbocycles. The number of H-pyrrole nitrogens is 1. The number of hydrogen-bond donors (Lipinski definition) is 1. The molecule has 0 radical (unpaired) electrons. The first-order valence-corrected chi connectivity index (χ1v) is 7.31. The molecule has 3 aromatic rings. The molecule has 0 spiro atoms. The van der Waals surface area contributed by atoms with Gasteiger partial charge in [0.15, 0.2) is 4.77 Å². The standard InChI is InChI=1S/C15H12Cl2N2S/c1-8-3-4-13-12(5-8)18-15(20)19(13)14-7-10(16)9(2)6-11(14)17/h3-7H,1-2H3,(H,18,20). The summed E-state index contributed by atoms with van der Waals surface area (Å²) in [4.78, 5) is 3.20. The van der Waals surface area contributed by atoms with Gasteiger partial charge in [-0.05, 0) is 61.5 Å². The van der Waals surface area contributed by atoms with Crippen molar-refractivity contribution in [3.8, 4) is 5.69 Å². The molecule has 0 unspecified atom stereocenters. The highest BCUT2D eigenvalue weighted by atomic mass is 35.5. The third-order valence-corrected chi connectivity index (χ3v) is 4.30. The predicted octanol–water partition coefficient (Wildman–Crippen LogP) is 5.61. The second kappa shape index (κ2) is 4.92. The maximum absolute atomic E-state index is 6.36. The maximum Gasteiger partial charge on any atom is 0.182 e. The van der Waals surface area contributed by atoms with Crippen molar-refractivity contribution in [1.82, 2.24) is 9.55 Å². The van der Waals surface area contributed by atoms with Gasteiger partial charge in [-0.2, -0.15) is 0 Å². The summed E-state index contributed by atoms with van der Waals surface area (Å²) in [7, 11) is 0. The Morgan fingerprint density at radius 1 is 1.05 bits per heavy atom. The van der Waals surface area contributed by atoms with Crippen molar-refractivity contribution in [1.29, 1.82) is 0 Å². The van der Waals surface area contributed by atoms with Crippen molar-refractivity contribution in [2.75, 3.05) is 0 Å². The van der Waals surface area contributed by atoms with Crippen LogP contribution in [0.3, 0.4) is 0 Å². The maximum atomic E-state index is 6.36. The van der Waals surface area contributed by atoms with Crippen molar-refractivity contribution in [2.45, 2.75) is 13.8 Å². The summed E-state index contributed by atoms with van der Waals surface area (Å²) in [5, 5.41) is 1.30. The Bertz CT molecular complexity index is 877. The monoisotopic (exact) mass is 322 g/mol. The van der Waals surface area contributed by atoms with Crippen LogP contribution >= 0.6 is 35.4 Å². The second-order valence-corrected chi connectivity index (χ2v) is 6.04. The lowest BCUT2D eigenvalue weighted by Gasteiger charge is -2.09. The highest BCUT2D eigenvalue weighted by molar-refractivity contribution is 7.71. The highest BCUT2D eigenvalue weighted by Crippen LogP contribution is 2.30. The van der Waals surface area contributed by atoms with Gasteiger partial charge in [0, 0.05) is 5.02 Å². The fourth-order valence-electron chi connectivity index (χ4n) is 2.27. The van der Waals surface area contributed by atoms with Crippen LogP contribution in [0.15, 0.2) is 30.3 Å². The van der Waals surface area contributed by atoms with E-state index in [1.807, 2.05) is 42.7 Å². The number of nitrogens with zero attached hydrogens (tertiary/aromatic N) is 1. The molecule has 0 saturated carbocycles. The van der Waals surface area contributed by atoms with Crippen LogP contribution in [0.4, 0.5) is 0 Å². The normalized spacial score (nSPS) is 11.2. The summed E-state index contributed by atoms with van der Waals surface area (Å²) >= 11 is 18.0. The van der Waals surface area contributed by atoms with E-state index in [9.17, 15) is 0 Å². The Labute approximate surface area is 132 Å². The third-order valence-electron chi connectivity index (χ3n) is 3.31. The molecule has 0 fully saturated rings. The minimum atomic E-state index is 0.604. The number of fused-ring (bicyclic) bond motifs is 1. The van der Waals surface area contributed by atoms with Crippen LogP contribution in [0.1, 0.15) is 11.1 Å². The van der Waals surface area contributed by atoms with Crippen LogP contribution in [-0.4, -0.2) is 9.55 Å². The molecule has 1 aromatic heterocycles. The second-order valence-electron chi connectivity index (χ2n) is 4.84. The summed E-state index contributed by atoms with van der Waals surface area (Å²) in [6.45, 7) is 3.97. The Balaban J connectivity index is 2.38. The largest absolute Gasteiger partial charge is 0.330 e. The molecule has 0 atom stereocenters. The Hall–Kier alpha value is -1.29. The fraction of sp³-hybridized carbons (Fsp3) is 0.133. The zero-order chi connectivity index (χ0) is 14.4. The number of halogens is 2. The van der Waals surface area contributed by atoms with E-state index in [2.05, 4.69) is 11.1 Å². The lowest BCUT2D eigenvalue weighted by atomic mass is 10.2. The van der Waals surface area contributed by atoms with Crippen molar-refractivity contribution in [2.24, 2.45) is 0 Å². The highest BCUT2D eigenvalue weighted by Gasteiger charge is 2.11. The molecule has 2 nitrogen and oxygen atoms in total. The molecule has 0 aliphatic rings. The van der Waals surface area contributed by atoms with E-state index in [4.69, 9.17) is 35.4 Å². The summed E-state index contributed by atoms with van der Waals surface area (Å²) < 4.78 is 2.52. The summed E-state index contributed by atoms with van der Waals surface area (Å²) in [6.07, 6.45) is 0. The smallest absolute Gasteiger partial charge is 0.182 e. The molecule has 0 amide bonds. The Morgan fingerprint density at radius 2 is 1.80 bits per heavy atom. The SMILES string of the molecule is Cc1ccc2c(c1)[nH]c(=S)n2-c1cc(Cl)c(C)cc1Cl. The van der Waals surface area contributed by atoms with Crippen LogP contribution in [-0.2, 0) is 0 Å². The van der Waals surface area contributed by atoms with Gasteiger partial charge in [0.1, 0.15) is 0 Å². The minimum absolute atomic E-state index is 0.604. The molecule has 0 aliphatic heterocycles. The zero-order valence-corrected chi connectivity index (χ0v) is 13.3. The number of aromatic amines is 1. The Morgan fingerprint density at radius 3 is 2.55 bits per heavy atom. The van der Waals surface area contributed by atoms with E-state index in [0.29, 0.717) is 14.8 Å². The van der Waals surface area contributed by atoms with Gasteiger partial charge < -0.3 is 4.98 Å². The van der Waals surface area contributed by atoms with E-state index >= 15 is 0 Å². The Kier molecular flexibility index (Phi) is 3.36. The molecule has 5 heteroatoms. The topological polar surface area (TPSA) is 20.7 Å². The number of rotatable bonds is 1. The van der Waals surface area contributed by atoms with Gasteiger partial charge in [-0.25, -0.2) is 0 Å². The number of aryl methyl sites for hydroxylation is 2. The number of benzene rings is 2. The first-order valence-electron chi connectivity index (χ1n) is 6.15. The lowest BCUT2D eigenvalue weighted by Crippen LogP contribution is -1.96. The lowest BCUT2D eigenvalue weighted by molar-refractivity contribution is 1.06. The molecular weight excluding hydrogens is 311 g/mol. The van der Waals surface area contributed by atoms with Gasteiger partial charge in [-0.15, -0.1) is 0 Å². The van der Waals surface area contributed by atoms with Crippen LogP contribution in [0.5, 0.6) is 0 Å². The van der Waals surface area contributed by atoms with E-state index < -0.39 is 0 Å². The minimum Gasteiger partial charge on any atom is -0.330 e. The number of nitrogens with one attached hydrogen (secondary N) is 1. The molecule has 0 bridgehead atoms. The summed E-state index contributed by atoms with van der Waals surface area (Å²) in [5.41, 5.74) is 4.89. The number of imidazole rings is 1. The molecular formula is C15H12Cl2N2S. The van der Waals surface area contributed by atoms with Crippen LogP contribution in [0.2, 0.25) is 10.0 Å². The average molecular weight is 323 g/mol. The molecule has 3 rings (SSSR count). The van der Waals surface area contributed by atoms with Crippen molar-refractivity contribution in [3.05, 3.63) is 56.3 Å². The van der Waals surface area contributed by atoms with Crippen molar-refractivity contribution < 1.29 is 0 Å². The van der Waals surface area contributed by atoms with Crippen molar-refractivity contribution in [3.63, 3.8) is 0 Å². The molecule has 0 saturated heterocycles. The molecule has 0 aliphatic carbocycles. The quantitative estimate of drug-likeness (QED) is 0.577. The average Bonchev–Trinajstić information content (AvgIpc) is 2.69. The van der Waals surface area contributed by atoms with E-state index in [1.54, 1.807) is 0 Å². The van der Waals surface area contributed by atoms with E-state index in [1.165, 1.54) is 5.56 Å². The van der Waals surface area contributed by atoms with Gasteiger partial charge in [-0.3, -0.25) is 4.57 Å². The number of aromatic nitrogens is 2. The van der Waals surface area contributed by atoms with Gasteiger partial charge in [-0.1, -0.05) is 29.3 Å². The van der Waals surface area contributed by atoms with E-state index in [0.717, 1.165) is 22.3 Å². The van der Waals surface area contributed by atoms with Crippen LogP contribution in [0, 0.1) is 18.6 Å². The fourth-order valence-corrected chi connectivity index (χ4v) is 3.04. The molecule has 1 N–H and O–H groups in total. The molecule has 1 heterocycles.